The lowest BCUT2D eigenvalue weighted by Crippen LogP contribution is -2.30. The Morgan fingerprint density at radius 3 is 2.60 bits per heavy atom. The molecule has 1 aliphatic heterocycles. The normalized spacial score (nSPS) is 16.5. The minimum absolute atomic E-state index is 0.00363. The number of carbonyl (C=O) groups is 2. The largest absolute Gasteiger partial charge is 0.355 e. The summed E-state index contributed by atoms with van der Waals surface area (Å²) >= 11 is 0. The van der Waals surface area contributed by atoms with Gasteiger partial charge in [-0.15, -0.1) is 0 Å². The Morgan fingerprint density at radius 2 is 1.97 bits per heavy atom. The van der Waals surface area contributed by atoms with E-state index in [0.29, 0.717) is 36.6 Å². The Labute approximate surface area is 174 Å². The molecule has 160 valence electrons. The number of sulfone groups is 1. The SMILES string of the molecule is CNC(=O)c1cnc([C@H]2CCN(C(=O)CCS(=O)(=O)c3ccc(F)cc3)C2)nc1C. The van der Waals surface area contributed by atoms with Crippen LogP contribution in [-0.4, -0.2) is 61.0 Å². The van der Waals surface area contributed by atoms with Gasteiger partial charge < -0.3 is 10.2 Å². The Kier molecular flexibility index (Phi) is 6.45. The van der Waals surface area contributed by atoms with E-state index < -0.39 is 15.7 Å². The van der Waals surface area contributed by atoms with E-state index in [1.165, 1.54) is 25.4 Å². The molecule has 2 aromatic rings. The highest BCUT2D eigenvalue weighted by Crippen LogP contribution is 2.26. The fourth-order valence-electron chi connectivity index (χ4n) is 3.38. The highest BCUT2D eigenvalue weighted by atomic mass is 32.2. The number of hydrogen-bond donors (Lipinski definition) is 1. The van der Waals surface area contributed by atoms with Crippen molar-refractivity contribution in [2.24, 2.45) is 0 Å². The topological polar surface area (TPSA) is 109 Å². The lowest BCUT2D eigenvalue weighted by molar-refractivity contribution is -0.129. The minimum atomic E-state index is -3.67. The Balaban J connectivity index is 1.60. The number of benzene rings is 1. The van der Waals surface area contributed by atoms with E-state index in [-0.39, 0.29) is 34.8 Å². The van der Waals surface area contributed by atoms with Crippen LogP contribution >= 0.6 is 0 Å². The van der Waals surface area contributed by atoms with E-state index in [9.17, 15) is 22.4 Å². The summed E-state index contributed by atoms with van der Waals surface area (Å²) in [5, 5.41) is 2.53. The van der Waals surface area contributed by atoms with Crippen LogP contribution in [0.25, 0.3) is 0 Å². The third-order valence-corrected chi connectivity index (χ3v) is 6.87. The van der Waals surface area contributed by atoms with Gasteiger partial charge >= 0.3 is 0 Å². The van der Waals surface area contributed by atoms with Gasteiger partial charge in [0, 0.05) is 38.7 Å². The van der Waals surface area contributed by atoms with Crippen molar-refractivity contribution in [2.75, 3.05) is 25.9 Å². The summed E-state index contributed by atoms with van der Waals surface area (Å²) in [4.78, 5) is 34.6. The molecule has 0 radical (unpaired) electrons. The van der Waals surface area contributed by atoms with Crippen LogP contribution < -0.4 is 5.32 Å². The van der Waals surface area contributed by atoms with Gasteiger partial charge in [0.2, 0.25) is 5.91 Å². The van der Waals surface area contributed by atoms with Crippen LogP contribution in [-0.2, 0) is 14.6 Å². The van der Waals surface area contributed by atoms with Crippen molar-refractivity contribution >= 4 is 21.7 Å². The molecule has 0 unspecified atom stereocenters. The molecule has 0 saturated carbocycles. The maximum absolute atomic E-state index is 13.0. The molecule has 1 aliphatic rings. The summed E-state index contributed by atoms with van der Waals surface area (Å²) in [6.45, 7) is 2.61. The molecule has 2 amide bonds. The van der Waals surface area contributed by atoms with Gasteiger partial charge in [-0.05, 0) is 37.6 Å². The maximum atomic E-state index is 13.0. The van der Waals surface area contributed by atoms with E-state index in [1.807, 2.05) is 0 Å². The van der Waals surface area contributed by atoms with E-state index in [2.05, 4.69) is 15.3 Å². The van der Waals surface area contributed by atoms with Gasteiger partial charge in [0.1, 0.15) is 11.6 Å². The fraction of sp³-hybridized carbons (Fsp3) is 0.400. The Bertz CT molecular complexity index is 1060. The third-order valence-electron chi connectivity index (χ3n) is 5.13. The second kappa shape index (κ2) is 8.86. The maximum Gasteiger partial charge on any atom is 0.254 e. The van der Waals surface area contributed by atoms with Crippen molar-refractivity contribution in [2.45, 2.75) is 30.6 Å². The Morgan fingerprint density at radius 1 is 1.27 bits per heavy atom. The molecule has 1 saturated heterocycles. The van der Waals surface area contributed by atoms with Crippen LogP contribution in [0.3, 0.4) is 0 Å². The molecule has 3 rings (SSSR count). The van der Waals surface area contributed by atoms with Crippen molar-refractivity contribution in [3.8, 4) is 0 Å². The lowest BCUT2D eigenvalue weighted by atomic mass is 10.1. The molecule has 0 aliphatic carbocycles. The highest BCUT2D eigenvalue weighted by Gasteiger charge is 2.30. The van der Waals surface area contributed by atoms with Crippen molar-refractivity contribution in [1.29, 1.82) is 0 Å². The predicted octanol–water partition coefficient (Wildman–Crippen LogP) is 1.46. The Hall–Kier alpha value is -2.88. The van der Waals surface area contributed by atoms with Crippen LogP contribution in [0.2, 0.25) is 0 Å². The molecule has 0 spiro atoms. The highest BCUT2D eigenvalue weighted by molar-refractivity contribution is 7.91. The number of rotatable bonds is 6. The number of nitrogens with zero attached hydrogens (tertiary/aromatic N) is 3. The number of hydrogen-bond acceptors (Lipinski definition) is 6. The van der Waals surface area contributed by atoms with Crippen LogP contribution in [0.5, 0.6) is 0 Å². The van der Waals surface area contributed by atoms with Gasteiger partial charge in [-0.25, -0.2) is 22.8 Å². The van der Waals surface area contributed by atoms with Crippen LogP contribution in [0.4, 0.5) is 4.39 Å². The first-order valence-electron chi connectivity index (χ1n) is 9.53. The molecule has 1 aromatic heterocycles. The summed E-state index contributed by atoms with van der Waals surface area (Å²) in [6, 6.07) is 4.56. The molecule has 1 atom stereocenters. The second-order valence-electron chi connectivity index (χ2n) is 7.15. The predicted molar refractivity (Wildman–Crippen MR) is 107 cm³/mol. The van der Waals surface area contributed by atoms with Gasteiger partial charge in [-0.2, -0.15) is 0 Å². The quantitative estimate of drug-likeness (QED) is 0.690. The molecule has 8 nitrogen and oxygen atoms in total. The lowest BCUT2D eigenvalue weighted by Gasteiger charge is -2.16. The van der Waals surface area contributed by atoms with Crippen molar-refractivity contribution in [1.82, 2.24) is 20.2 Å². The summed E-state index contributed by atoms with van der Waals surface area (Å²) < 4.78 is 37.7. The molecule has 10 heteroatoms. The molecule has 1 fully saturated rings. The van der Waals surface area contributed by atoms with Crippen molar-refractivity contribution < 1.29 is 22.4 Å². The van der Waals surface area contributed by atoms with Crippen LogP contribution in [0, 0.1) is 12.7 Å². The third kappa shape index (κ3) is 4.81. The first-order valence-corrected chi connectivity index (χ1v) is 11.2. The van der Waals surface area contributed by atoms with Gasteiger partial charge in [0.05, 0.1) is 21.9 Å². The number of likely N-dealkylation sites (tertiary alicyclic amines) is 1. The zero-order valence-corrected chi connectivity index (χ0v) is 17.6. The first kappa shape index (κ1) is 21.8. The molecule has 1 aromatic carbocycles. The average Bonchev–Trinajstić information content (AvgIpc) is 3.22. The fourth-order valence-corrected chi connectivity index (χ4v) is 4.61. The van der Waals surface area contributed by atoms with Crippen LogP contribution in [0.15, 0.2) is 35.4 Å². The minimum Gasteiger partial charge on any atom is -0.355 e. The summed E-state index contributed by atoms with van der Waals surface area (Å²) in [5.41, 5.74) is 0.965. The van der Waals surface area contributed by atoms with Crippen LogP contribution in [0.1, 0.15) is 40.6 Å². The molecule has 0 bridgehead atoms. The van der Waals surface area contributed by atoms with Crippen molar-refractivity contribution in [3.63, 3.8) is 0 Å². The first-order chi connectivity index (χ1) is 14.2. The van der Waals surface area contributed by atoms with Gasteiger partial charge in [-0.1, -0.05) is 0 Å². The van der Waals surface area contributed by atoms with Gasteiger partial charge in [0.15, 0.2) is 9.84 Å². The summed E-state index contributed by atoms with van der Waals surface area (Å²) in [7, 11) is -2.13. The van der Waals surface area contributed by atoms with E-state index in [0.717, 1.165) is 12.1 Å². The standard InChI is InChI=1S/C20H23FN4O4S/c1-13-17(20(27)22-2)11-23-19(24-13)14-7-9-25(12-14)18(26)8-10-30(28,29)16-5-3-15(21)4-6-16/h3-6,11,14H,7-10,12H2,1-2H3,(H,22,27)/t14-/m0/s1. The smallest absolute Gasteiger partial charge is 0.254 e. The van der Waals surface area contributed by atoms with E-state index in [1.54, 1.807) is 11.8 Å². The van der Waals surface area contributed by atoms with E-state index >= 15 is 0 Å². The number of halogens is 1. The van der Waals surface area contributed by atoms with Gasteiger partial charge in [-0.3, -0.25) is 9.59 Å². The number of nitrogens with one attached hydrogen (secondary N) is 1. The average molecular weight is 434 g/mol. The number of aryl methyl sites for hydroxylation is 1. The molecule has 30 heavy (non-hydrogen) atoms. The molecular formula is C20H23FN4O4S. The number of carbonyl (C=O) groups excluding carboxylic acids is 2. The zero-order valence-electron chi connectivity index (χ0n) is 16.8. The summed E-state index contributed by atoms with van der Waals surface area (Å²) in [6.07, 6.45) is 1.99. The number of aromatic nitrogens is 2. The molecule has 1 N–H and O–H groups in total. The van der Waals surface area contributed by atoms with E-state index in [4.69, 9.17) is 0 Å². The number of amides is 2. The zero-order chi connectivity index (χ0) is 21.9. The molecule has 2 heterocycles. The second-order valence-corrected chi connectivity index (χ2v) is 9.26. The molecular weight excluding hydrogens is 411 g/mol. The van der Waals surface area contributed by atoms with Crippen molar-refractivity contribution in [3.05, 3.63) is 53.4 Å². The summed E-state index contributed by atoms with van der Waals surface area (Å²) in [5.74, 6) is -0.885. The van der Waals surface area contributed by atoms with Gasteiger partial charge in [0.25, 0.3) is 5.91 Å². The monoisotopic (exact) mass is 434 g/mol.